The van der Waals surface area contributed by atoms with Crippen molar-refractivity contribution >= 4 is 10.9 Å². The van der Waals surface area contributed by atoms with Crippen LogP contribution in [0.1, 0.15) is 59.5 Å². The van der Waals surface area contributed by atoms with Crippen LogP contribution in [0.4, 0.5) is 0 Å². The van der Waals surface area contributed by atoms with Crippen LogP contribution < -0.4 is 5.56 Å². The monoisotopic (exact) mass is 387 g/mol. The summed E-state index contributed by atoms with van der Waals surface area (Å²) in [5.41, 5.74) is 7.18. The molecule has 0 unspecified atom stereocenters. The third kappa shape index (κ3) is 3.74. The lowest BCUT2D eigenvalue weighted by atomic mass is 9.89. The summed E-state index contributed by atoms with van der Waals surface area (Å²) in [6, 6.07) is 11.0. The van der Waals surface area contributed by atoms with E-state index in [0.717, 1.165) is 62.8 Å². The van der Waals surface area contributed by atoms with E-state index in [9.17, 15) is 4.79 Å². The first-order valence-electron chi connectivity index (χ1n) is 11.0. The number of aryl methyl sites for hydroxylation is 2. The molecule has 1 N–H and O–H groups in total. The third-order valence-electron chi connectivity index (χ3n) is 6.75. The van der Waals surface area contributed by atoms with Crippen LogP contribution in [0.3, 0.4) is 0 Å². The van der Waals surface area contributed by atoms with Crippen LogP contribution in [0.15, 0.2) is 41.3 Å². The number of pyridine rings is 2. The molecule has 1 fully saturated rings. The summed E-state index contributed by atoms with van der Waals surface area (Å²) in [7, 11) is 0. The highest BCUT2D eigenvalue weighted by Crippen LogP contribution is 2.29. The van der Waals surface area contributed by atoms with Crippen LogP contribution >= 0.6 is 0 Å². The smallest absolute Gasteiger partial charge is 0.251 e. The van der Waals surface area contributed by atoms with Gasteiger partial charge in [0.1, 0.15) is 0 Å². The van der Waals surface area contributed by atoms with Crippen LogP contribution in [0.25, 0.3) is 10.9 Å². The van der Waals surface area contributed by atoms with Crippen molar-refractivity contribution in [3.63, 3.8) is 0 Å². The zero-order valence-electron chi connectivity index (χ0n) is 17.2. The molecule has 1 saturated heterocycles. The van der Waals surface area contributed by atoms with Gasteiger partial charge in [0.25, 0.3) is 5.56 Å². The van der Waals surface area contributed by atoms with E-state index < -0.39 is 0 Å². The summed E-state index contributed by atoms with van der Waals surface area (Å²) in [5.74, 6) is 0.575. The molecule has 5 rings (SSSR count). The fraction of sp³-hybridized carbons (Fsp3) is 0.440. The van der Waals surface area contributed by atoms with Gasteiger partial charge in [0, 0.05) is 40.8 Å². The highest BCUT2D eigenvalue weighted by Gasteiger charge is 2.22. The fourth-order valence-corrected chi connectivity index (χ4v) is 5.07. The predicted octanol–water partition coefficient (Wildman–Crippen LogP) is 4.49. The Balaban J connectivity index is 1.30. The number of rotatable bonds is 3. The molecular weight excluding hydrogens is 358 g/mol. The summed E-state index contributed by atoms with van der Waals surface area (Å²) in [6.07, 6.45) is 8.59. The first-order chi connectivity index (χ1) is 14.2. The summed E-state index contributed by atoms with van der Waals surface area (Å²) in [4.78, 5) is 22.8. The Morgan fingerprint density at radius 2 is 1.86 bits per heavy atom. The number of aromatic nitrogens is 2. The molecule has 4 heteroatoms. The number of likely N-dealkylation sites (tertiary alicyclic amines) is 1. The van der Waals surface area contributed by atoms with Crippen LogP contribution in [0, 0.1) is 6.92 Å². The van der Waals surface area contributed by atoms with Crippen molar-refractivity contribution in [3.05, 3.63) is 74.8 Å². The summed E-state index contributed by atoms with van der Waals surface area (Å²) in [6.45, 7) is 5.23. The van der Waals surface area contributed by atoms with E-state index in [4.69, 9.17) is 0 Å². The Kier molecular flexibility index (Phi) is 4.96. The first-order valence-corrected chi connectivity index (χ1v) is 11.0. The van der Waals surface area contributed by atoms with Crippen molar-refractivity contribution in [3.8, 4) is 0 Å². The van der Waals surface area contributed by atoms with Crippen molar-refractivity contribution < 1.29 is 0 Å². The van der Waals surface area contributed by atoms with E-state index in [1.807, 2.05) is 6.20 Å². The summed E-state index contributed by atoms with van der Waals surface area (Å²) in [5, 5.41) is 1.24. The lowest BCUT2D eigenvalue weighted by Gasteiger charge is -2.31. The number of hydrogen-bond acceptors (Lipinski definition) is 3. The van der Waals surface area contributed by atoms with Gasteiger partial charge < -0.3 is 4.98 Å². The molecule has 0 amide bonds. The quantitative estimate of drug-likeness (QED) is 0.720. The third-order valence-corrected chi connectivity index (χ3v) is 6.75. The van der Waals surface area contributed by atoms with E-state index in [2.05, 4.69) is 52.1 Å². The molecule has 2 aliphatic rings. The molecule has 1 aromatic carbocycles. The molecule has 0 atom stereocenters. The van der Waals surface area contributed by atoms with Gasteiger partial charge in [0.05, 0.1) is 0 Å². The van der Waals surface area contributed by atoms with Gasteiger partial charge in [-0.25, -0.2) is 0 Å². The number of benzene rings is 1. The number of nitrogens with one attached hydrogen (secondary N) is 1. The second-order valence-corrected chi connectivity index (χ2v) is 8.81. The van der Waals surface area contributed by atoms with Gasteiger partial charge in [-0.3, -0.25) is 14.7 Å². The predicted molar refractivity (Wildman–Crippen MR) is 117 cm³/mol. The molecule has 29 heavy (non-hydrogen) atoms. The second kappa shape index (κ2) is 7.75. The van der Waals surface area contributed by atoms with Gasteiger partial charge in [-0.15, -0.1) is 0 Å². The highest BCUT2D eigenvalue weighted by molar-refractivity contribution is 5.84. The van der Waals surface area contributed by atoms with Crippen molar-refractivity contribution in [1.29, 1.82) is 0 Å². The number of hydrogen-bond donors (Lipinski definition) is 1. The topological polar surface area (TPSA) is 49.0 Å². The van der Waals surface area contributed by atoms with Crippen LogP contribution in [0.2, 0.25) is 0 Å². The maximum atomic E-state index is 12.5. The van der Waals surface area contributed by atoms with Crippen molar-refractivity contribution in [2.24, 2.45) is 0 Å². The molecule has 4 nitrogen and oxygen atoms in total. The lowest BCUT2D eigenvalue weighted by molar-refractivity contribution is 0.203. The molecule has 3 heterocycles. The summed E-state index contributed by atoms with van der Waals surface area (Å²) >= 11 is 0. The van der Waals surface area contributed by atoms with Gasteiger partial charge in [0.15, 0.2) is 0 Å². The van der Waals surface area contributed by atoms with Gasteiger partial charge >= 0.3 is 0 Å². The van der Waals surface area contributed by atoms with E-state index in [1.54, 1.807) is 0 Å². The summed E-state index contributed by atoms with van der Waals surface area (Å²) < 4.78 is 0. The van der Waals surface area contributed by atoms with E-state index in [0.29, 0.717) is 5.92 Å². The zero-order chi connectivity index (χ0) is 19.8. The van der Waals surface area contributed by atoms with Crippen molar-refractivity contribution in [2.75, 3.05) is 13.1 Å². The van der Waals surface area contributed by atoms with Crippen LogP contribution in [0.5, 0.6) is 0 Å². The van der Waals surface area contributed by atoms with Crippen LogP contribution in [-0.2, 0) is 19.4 Å². The Labute approximate surface area is 172 Å². The van der Waals surface area contributed by atoms with Gasteiger partial charge in [-0.1, -0.05) is 18.2 Å². The molecule has 0 radical (unpaired) electrons. The largest absolute Gasteiger partial charge is 0.322 e. The molecular formula is C25H29N3O. The minimum Gasteiger partial charge on any atom is -0.322 e. The standard InChI is InChI=1S/C25H29N3O/c1-17-6-9-23(26-15-17)19-10-12-28(13-11-19)16-18-7-8-21-20-4-2-3-5-22(20)25(29)27-24(21)14-18/h6-9,14-15,19H,2-5,10-13,16H2,1H3,(H,27,29). The zero-order valence-corrected chi connectivity index (χ0v) is 17.2. The molecule has 1 aliphatic heterocycles. The van der Waals surface area contributed by atoms with Crippen molar-refractivity contribution in [2.45, 2.75) is 57.9 Å². The van der Waals surface area contributed by atoms with E-state index >= 15 is 0 Å². The molecule has 2 aromatic heterocycles. The number of fused-ring (bicyclic) bond motifs is 3. The van der Waals surface area contributed by atoms with Gasteiger partial charge in [-0.2, -0.15) is 0 Å². The SMILES string of the molecule is Cc1ccc(C2CCN(Cc3ccc4c5c(c(=O)[nH]c4c3)CCCC5)CC2)nc1. The van der Waals surface area contributed by atoms with E-state index in [-0.39, 0.29) is 5.56 Å². The minimum absolute atomic E-state index is 0.121. The average Bonchev–Trinajstić information content (AvgIpc) is 2.75. The molecule has 1 aliphatic carbocycles. The number of piperidine rings is 1. The Hall–Kier alpha value is -2.46. The highest BCUT2D eigenvalue weighted by atomic mass is 16.1. The molecule has 3 aromatic rings. The number of H-pyrrole nitrogens is 1. The first kappa shape index (κ1) is 18.6. The number of aromatic amines is 1. The maximum Gasteiger partial charge on any atom is 0.251 e. The molecule has 150 valence electrons. The molecule has 0 bridgehead atoms. The Morgan fingerprint density at radius 1 is 1.07 bits per heavy atom. The van der Waals surface area contributed by atoms with E-state index in [1.165, 1.54) is 34.2 Å². The van der Waals surface area contributed by atoms with Crippen molar-refractivity contribution in [1.82, 2.24) is 14.9 Å². The average molecular weight is 388 g/mol. The molecule has 0 saturated carbocycles. The fourth-order valence-electron chi connectivity index (χ4n) is 5.07. The second-order valence-electron chi connectivity index (χ2n) is 8.81. The Morgan fingerprint density at radius 3 is 2.62 bits per heavy atom. The maximum absolute atomic E-state index is 12.5. The normalized spacial score (nSPS) is 18.1. The van der Waals surface area contributed by atoms with Gasteiger partial charge in [0.2, 0.25) is 0 Å². The van der Waals surface area contributed by atoms with Crippen LogP contribution in [-0.4, -0.2) is 28.0 Å². The minimum atomic E-state index is 0.121. The lowest BCUT2D eigenvalue weighted by Crippen LogP contribution is -2.32. The van der Waals surface area contributed by atoms with Gasteiger partial charge in [-0.05, 0) is 87.4 Å². The number of nitrogens with zero attached hydrogens (tertiary/aromatic N) is 2. The Bertz CT molecular complexity index is 1080. The molecule has 0 spiro atoms.